The number of azo groups is 1. The topological polar surface area (TPSA) is 133 Å². The first kappa shape index (κ1) is 31.7. The maximum Gasteiger partial charge on any atom is 0.305 e. The highest BCUT2D eigenvalue weighted by atomic mass is 35.5. The van der Waals surface area contributed by atoms with E-state index in [9.17, 15) is 9.59 Å². The van der Waals surface area contributed by atoms with Gasteiger partial charge in [0.05, 0.1) is 5.69 Å². The van der Waals surface area contributed by atoms with Crippen LogP contribution in [0.4, 0.5) is 23.0 Å². The first-order chi connectivity index (χ1) is 19.6. The predicted octanol–water partition coefficient (Wildman–Crippen LogP) is 7.92. The smallest absolute Gasteiger partial charge is 0.305 e. The lowest BCUT2D eigenvalue weighted by atomic mass is 9.47. The molecule has 0 radical (unpaired) electrons. The molecule has 0 amide bonds. The summed E-state index contributed by atoms with van der Waals surface area (Å²) in [5.41, 5.74) is 14.2. The van der Waals surface area contributed by atoms with Crippen molar-refractivity contribution in [3.63, 3.8) is 0 Å². The van der Waals surface area contributed by atoms with Crippen LogP contribution >= 0.6 is 12.4 Å². The molecule has 3 saturated carbocycles. The molecule has 3 fully saturated rings. The summed E-state index contributed by atoms with van der Waals surface area (Å²) in [6, 6.07) is 12.7. The molecule has 226 valence electrons. The Labute approximate surface area is 255 Å². The molecule has 9 heteroatoms. The second-order valence-electron chi connectivity index (χ2n) is 12.6. The van der Waals surface area contributed by atoms with Crippen LogP contribution in [-0.4, -0.2) is 22.8 Å². The molecule has 0 bridgehead atoms. The molecule has 8 nitrogen and oxygen atoms in total. The SMILES string of the molecule is CCC(=O)OC1CCC2C3CCC4=CC(=O)CCC4(C)C3CCC12C.Cl.Nc1ccc(N=Nc2ccccc2)c(N)n1. The number of anilines is 2. The van der Waals surface area contributed by atoms with E-state index in [0.29, 0.717) is 35.5 Å². The van der Waals surface area contributed by atoms with Crippen molar-refractivity contribution in [2.45, 2.75) is 84.7 Å². The molecule has 4 N–H and O–H groups in total. The van der Waals surface area contributed by atoms with Gasteiger partial charge in [-0.05, 0) is 98.5 Å². The van der Waals surface area contributed by atoms with E-state index in [2.05, 4.69) is 29.1 Å². The molecule has 0 spiro atoms. The second kappa shape index (κ2) is 12.9. The van der Waals surface area contributed by atoms with Gasteiger partial charge in [-0.25, -0.2) is 4.98 Å². The van der Waals surface area contributed by atoms with Crippen molar-refractivity contribution in [3.8, 4) is 0 Å². The fourth-order valence-corrected chi connectivity index (χ4v) is 8.12. The largest absolute Gasteiger partial charge is 0.462 e. The maximum atomic E-state index is 11.9. The van der Waals surface area contributed by atoms with Gasteiger partial charge < -0.3 is 16.2 Å². The van der Waals surface area contributed by atoms with Crippen molar-refractivity contribution in [2.24, 2.45) is 38.8 Å². The number of nitrogens with zero attached hydrogens (tertiary/aromatic N) is 3. The van der Waals surface area contributed by atoms with E-state index in [-0.39, 0.29) is 41.1 Å². The molecule has 1 heterocycles. The zero-order valence-electron chi connectivity index (χ0n) is 24.9. The van der Waals surface area contributed by atoms with Gasteiger partial charge in [0.1, 0.15) is 17.6 Å². The normalized spacial score (nSPS) is 31.4. The maximum absolute atomic E-state index is 11.9. The summed E-state index contributed by atoms with van der Waals surface area (Å²) in [7, 11) is 0. The van der Waals surface area contributed by atoms with E-state index < -0.39 is 0 Å². The van der Waals surface area contributed by atoms with Gasteiger partial charge in [-0.2, -0.15) is 5.11 Å². The summed E-state index contributed by atoms with van der Waals surface area (Å²) < 4.78 is 5.86. The third kappa shape index (κ3) is 6.24. The van der Waals surface area contributed by atoms with Crippen molar-refractivity contribution >= 4 is 47.2 Å². The Morgan fingerprint density at radius 2 is 1.74 bits per heavy atom. The van der Waals surface area contributed by atoms with Gasteiger partial charge in [0.15, 0.2) is 11.6 Å². The Morgan fingerprint density at radius 1 is 0.976 bits per heavy atom. The number of nitrogens with two attached hydrogens (primary N) is 2. The van der Waals surface area contributed by atoms with E-state index in [0.717, 1.165) is 43.7 Å². The highest BCUT2D eigenvalue weighted by Crippen LogP contribution is 2.65. The summed E-state index contributed by atoms with van der Waals surface area (Å²) in [6.07, 6.45) is 11.3. The van der Waals surface area contributed by atoms with Crippen molar-refractivity contribution < 1.29 is 14.3 Å². The minimum atomic E-state index is -0.0411. The van der Waals surface area contributed by atoms with Crippen LogP contribution in [0.25, 0.3) is 0 Å². The van der Waals surface area contributed by atoms with Gasteiger partial charge >= 0.3 is 5.97 Å². The number of allylic oxidation sites excluding steroid dienone is 1. The quantitative estimate of drug-likeness (QED) is 0.273. The molecule has 6 unspecified atom stereocenters. The van der Waals surface area contributed by atoms with Crippen LogP contribution in [0.15, 0.2) is 64.3 Å². The number of nitrogen functional groups attached to an aromatic ring is 2. The molecule has 4 aliphatic carbocycles. The summed E-state index contributed by atoms with van der Waals surface area (Å²) in [4.78, 5) is 27.7. The molecule has 1 aromatic carbocycles. The number of rotatable bonds is 4. The van der Waals surface area contributed by atoms with E-state index in [1.807, 2.05) is 43.3 Å². The van der Waals surface area contributed by atoms with Crippen LogP contribution < -0.4 is 11.5 Å². The second-order valence-corrected chi connectivity index (χ2v) is 12.6. The fourth-order valence-electron chi connectivity index (χ4n) is 8.12. The van der Waals surface area contributed by atoms with E-state index >= 15 is 0 Å². The molecule has 1 aromatic heterocycles. The number of pyridine rings is 1. The van der Waals surface area contributed by atoms with E-state index in [1.165, 1.54) is 24.8 Å². The zero-order chi connectivity index (χ0) is 29.2. The molecule has 6 atom stereocenters. The van der Waals surface area contributed by atoms with Gasteiger partial charge in [-0.1, -0.05) is 44.5 Å². The number of hydrogen-bond acceptors (Lipinski definition) is 8. The van der Waals surface area contributed by atoms with Gasteiger partial charge in [-0.15, -0.1) is 17.5 Å². The Kier molecular flexibility index (Phi) is 9.76. The molecule has 2 aromatic rings. The highest BCUT2D eigenvalue weighted by molar-refractivity contribution is 5.91. The van der Waals surface area contributed by atoms with Gasteiger partial charge in [0.25, 0.3) is 0 Å². The van der Waals surface area contributed by atoms with Crippen molar-refractivity contribution in [1.29, 1.82) is 0 Å². The summed E-state index contributed by atoms with van der Waals surface area (Å²) >= 11 is 0. The fraction of sp³-hybridized carbons (Fsp3) is 0.545. The number of carbonyl (C=O) groups is 2. The first-order valence-corrected chi connectivity index (χ1v) is 15.1. The van der Waals surface area contributed by atoms with Crippen molar-refractivity contribution in [3.05, 3.63) is 54.1 Å². The van der Waals surface area contributed by atoms with Crippen LogP contribution in [0.2, 0.25) is 0 Å². The number of benzene rings is 1. The van der Waals surface area contributed by atoms with Gasteiger partial charge in [0, 0.05) is 18.3 Å². The molecule has 4 aliphatic rings. The predicted molar refractivity (Wildman–Crippen MR) is 168 cm³/mol. The standard InChI is InChI=1S/C22H32O3.C11H11N5.ClH/c1-4-20(24)25-19-8-7-17-16-6-5-14-13-15(23)9-11-21(14,2)18(16)10-12-22(17,19)3;12-10-7-6-9(11(13)14-10)16-15-8-4-2-1-3-5-8;/h13,16-19H,4-12H2,1-3H3;1-7H,(H4,12,13,14);1H. The Bertz CT molecular complexity index is 1350. The Hall–Kier alpha value is -3.26. The lowest BCUT2D eigenvalue weighted by Crippen LogP contribution is -2.51. The molecular formula is C33H44ClN5O3. The molecule has 6 rings (SSSR count). The number of carbonyl (C=O) groups excluding carboxylic acids is 2. The Balaban J connectivity index is 0.000000207. The molecule has 0 saturated heterocycles. The third-order valence-corrected chi connectivity index (χ3v) is 10.4. The van der Waals surface area contributed by atoms with Crippen LogP contribution in [-0.2, 0) is 14.3 Å². The monoisotopic (exact) mass is 593 g/mol. The molecule has 0 aliphatic heterocycles. The van der Waals surface area contributed by atoms with Crippen LogP contribution in [0.3, 0.4) is 0 Å². The Morgan fingerprint density at radius 3 is 2.45 bits per heavy atom. The van der Waals surface area contributed by atoms with Gasteiger partial charge in [-0.3, -0.25) is 9.59 Å². The number of hydrogen-bond donors (Lipinski definition) is 2. The van der Waals surface area contributed by atoms with E-state index in [4.69, 9.17) is 16.2 Å². The third-order valence-electron chi connectivity index (χ3n) is 10.4. The number of aromatic nitrogens is 1. The minimum absolute atomic E-state index is 0. The highest BCUT2D eigenvalue weighted by Gasteiger charge is 2.59. The van der Waals surface area contributed by atoms with Gasteiger partial charge in [0.2, 0.25) is 0 Å². The van der Waals surface area contributed by atoms with Crippen LogP contribution in [0, 0.1) is 28.6 Å². The number of ether oxygens (including phenoxy) is 1. The van der Waals surface area contributed by atoms with Crippen LogP contribution in [0.5, 0.6) is 0 Å². The lowest BCUT2D eigenvalue weighted by Gasteiger charge is -2.57. The average molecular weight is 594 g/mol. The zero-order valence-corrected chi connectivity index (χ0v) is 25.7. The average Bonchev–Trinajstić information content (AvgIpc) is 3.29. The summed E-state index contributed by atoms with van der Waals surface area (Å²) in [6.45, 7) is 6.69. The van der Waals surface area contributed by atoms with E-state index in [1.54, 1.807) is 12.1 Å². The summed E-state index contributed by atoms with van der Waals surface area (Å²) in [5, 5.41) is 8.03. The minimum Gasteiger partial charge on any atom is -0.462 e. The van der Waals surface area contributed by atoms with Crippen LogP contribution in [0.1, 0.15) is 78.6 Å². The van der Waals surface area contributed by atoms with Crippen molar-refractivity contribution in [1.82, 2.24) is 4.98 Å². The molecular weight excluding hydrogens is 550 g/mol. The number of halogens is 1. The number of esters is 1. The number of fused-ring (bicyclic) bond motifs is 5. The summed E-state index contributed by atoms with van der Waals surface area (Å²) in [5.74, 6) is 3.06. The molecule has 42 heavy (non-hydrogen) atoms. The lowest BCUT2D eigenvalue weighted by molar-refractivity contribution is -0.159. The first-order valence-electron chi connectivity index (χ1n) is 15.1. The van der Waals surface area contributed by atoms with Crippen molar-refractivity contribution in [2.75, 3.05) is 11.5 Å². The number of ketones is 1.